The third kappa shape index (κ3) is 7.00. The van der Waals surface area contributed by atoms with Crippen LogP contribution in [0.1, 0.15) is 54.8 Å². The van der Waals surface area contributed by atoms with Gasteiger partial charge in [-0.25, -0.2) is 4.98 Å². The molecule has 2 atom stereocenters. The van der Waals surface area contributed by atoms with Gasteiger partial charge in [0.05, 0.1) is 17.9 Å². The lowest BCUT2D eigenvalue weighted by Crippen LogP contribution is -2.22. The van der Waals surface area contributed by atoms with Crippen molar-refractivity contribution in [1.82, 2.24) is 24.6 Å². The van der Waals surface area contributed by atoms with Gasteiger partial charge in [-0.15, -0.1) is 11.3 Å². The molecule has 2 aliphatic heterocycles. The Labute approximate surface area is 266 Å². The van der Waals surface area contributed by atoms with Gasteiger partial charge in [0.1, 0.15) is 0 Å². The minimum absolute atomic E-state index is 0.263. The lowest BCUT2D eigenvalue weighted by molar-refractivity contribution is 0.101. The molecule has 236 valence electrons. The number of nitrogens with zero attached hydrogens (tertiary/aromatic N) is 5. The van der Waals surface area contributed by atoms with Crippen molar-refractivity contribution in [2.75, 3.05) is 36.8 Å². The average Bonchev–Trinajstić information content (AvgIpc) is 3.81. The number of rotatable bonds is 9. The molecule has 2 fully saturated rings. The smallest absolute Gasteiger partial charge is 0.284 e. The number of carbonyl (C=O) groups is 2. The van der Waals surface area contributed by atoms with Crippen LogP contribution < -0.4 is 10.6 Å². The largest absolute Gasteiger partial charge is 0.392 e. The summed E-state index contributed by atoms with van der Waals surface area (Å²) in [6.45, 7) is 8.17. The van der Waals surface area contributed by atoms with Crippen LogP contribution in [0.25, 0.3) is 11.1 Å². The monoisotopic (exact) mass is 629 g/mol. The maximum atomic E-state index is 13.3. The highest BCUT2D eigenvalue weighted by molar-refractivity contribution is 7.13. The van der Waals surface area contributed by atoms with E-state index in [4.69, 9.17) is 0 Å². The lowest BCUT2D eigenvalue weighted by Gasteiger charge is -2.16. The minimum Gasteiger partial charge on any atom is -0.392 e. The van der Waals surface area contributed by atoms with Crippen molar-refractivity contribution in [3.8, 4) is 11.1 Å². The van der Waals surface area contributed by atoms with Crippen LogP contribution in [0.15, 0.2) is 48.7 Å². The van der Waals surface area contributed by atoms with E-state index in [1.807, 2.05) is 57.3 Å². The summed E-state index contributed by atoms with van der Waals surface area (Å²) in [6, 6.07) is 13.4. The summed E-state index contributed by atoms with van der Waals surface area (Å²) >= 11 is 1.37. The first-order chi connectivity index (χ1) is 21.6. The molecule has 45 heavy (non-hydrogen) atoms. The first-order valence-electron chi connectivity index (χ1n) is 15.3. The van der Waals surface area contributed by atoms with Crippen LogP contribution in [0.2, 0.25) is 0 Å². The molecule has 2 saturated heterocycles. The number of nitrogens with one attached hydrogen (secondary N) is 2. The molecule has 2 aromatic carbocycles. The Bertz CT molecular complexity index is 1720. The van der Waals surface area contributed by atoms with Gasteiger partial charge in [0.2, 0.25) is 0 Å². The maximum absolute atomic E-state index is 13.3. The molecule has 2 amide bonds. The number of aliphatic hydroxyl groups is 2. The van der Waals surface area contributed by atoms with Crippen molar-refractivity contribution in [3.05, 3.63) is 81.1 Å². The number of anilines is 2. The molecule has 0 radical (unpaired) electrons. The Hall–Kier alpha value is -3.94. The zero-order chi connectivity index (χ0) is 31.7. The predicted molar refractivity (Wildman–Crippen MR) is 174 cm³/mol. The normalized spacial score (nSPS) is 18.9. The van der Waals surface area contributed by atoms with Crippen molar-refractivity contribution in [2.24, 2.45) is 7.05 Å². The molecule has 4 heterocycles. The second-order valence-corrected chi connectivity index (χ2v) is 13.1. The first kappa shape index (κ1) is 31.1. The molecule has 4 N–H and O–H groups in total. The van der Waals surface area contributed by atoms with Crippen LogP contribution in [0.4, 0.5) is 11.4 Å². The molecular weight excluding hydrogens is 590 g/mol. The van der Waals surface area contributed by atoms with Gasteiger partial charge in [-0.05, 0) is 67.1 Å². The Balaban J connectivity index is 1.14. The average molecular weight is 630 g/mol. The van der Waals surface area contributed by atoms with E-state index in [0.29, 0.717) is 48.3 Å². The van der Waals surface area contributed by atoms with Gasteiger partial charge in [0, 0.05) is 68.8 Å². The number of β-amino-alcohol motifs (C(OH)–C–C–N with tert-alkyl or cyclic N) is 2. The minimum atomic E-state index is -0.301. The highest BCUT2D eigenvalue weighted by atomic mass is 32.1. The third-order valence-electron chi connectivity index (χ3n) is 8.67. The van der Waals surface area contributed by atoms with Gasteiger partial charge in [0.25, 0.3) is 11.8 Å². The van der Waals surface area contributed by atoms with Gasteiger partial charge in [-0.3, -0.25) is 24.1 Å². The molecule has 12 heteroatoms. The van der Waals surface area contributed by atoms with E-state index in [2.05, 4.69) is 30.5 Å². The van der Waals surface area contributed by atoms with E-state index in [9.17, 15) is 19.8 Å². The Morgan fingerprint density at radius 1 is 0.889 bits per heavy atom. The van der Waals surface area contributed by atoms with Crippen molar-refractivity contribution < 1.29 is 19.8 Å². The number of aliphatic hydroxyl groups excluding tert-OH is 2. The molecule has 11 nitrogen and oxygen atoms in total. The quantitative estimate of drug-likeness (QED) is 0.220. The second-order valence-electron chi connectivity index (χ2n) is 12.0. The zero-order valence-electron chi connectivity index (χ0n) is 25.8. The number of likely N-dealkylation sites (tertiary alicyclic amines) is 2. The van der Waals surface area contributed by atoms with Crippen LogP contribution >= 0.6 is 11.3 Å². The molecule has 0 saturated carbocycles. The van der Waals surface area contributed by atoms with E-state index >= 15 is 0 Å². The molecule has 2 aromatic heterocycles. The molecule has 4 aromatic rings. The second kappa shape index (κ2) is 13.2. The van der Waals surface area contributed by atoms with E-state index in [0.717, 1.165) is 58.8 Å². The number of hydrogen-bond acceptors (Lipinski definition) is 9. The fourth-order valence-electron chi connectivity index (χ4n) is 6.10. The van der Waals surface area contributed by atoms with Crippen LogP contribution in [-0.2, 0) is 20.1 Å². The Kier molecular flexibility index (Phi) is 9.11. The van der Waals surface area contributed by atoms with Crippen molar-refractivity contribution in [1.29, 1.82) is 0 Å². The number of amides is 2. The van der Waals surface area contributed by atoms with Crippen LogP contribution in [-0.4, -0.2) is 85.0 Å². The highest BCUT2D eigenvalue weighted by Gasteiger charge is 2.24. The Morgan fingerprint density at radius 2 is 1.47 bits per heavy atom. The SMILES string of the molecule is Cc1c(NC(=O)c2cc(CN3CC[C@@H](O)C3)n(C)n2)cccc1-c1cccc(NC(=O)c2ncc(CN3CC[C@@H](O)C3)s2)c1C. The molecule has 6 rings (SSSR count). The highest BCUT2D eigenvalue weighted by Crippen LogP contribution is 2.34. The van der Waals surface area contributed by atoms with Gasteiger partial charge in [-0.2, -0.15) is 5.10 Å². The molecule has 0 aliphatic carbocycles. The predicted octanol–water partition coefficient (Wildman–Crippen LogP) is 3.80. The summed E-state index contributed by atoms with van der Waals surface area (Å²) in [7, 11) is 1.83. The molecular formula is C33H39N7O4S. The number of thiazole rings is 1. The van der Waals surface area contributed by atoms with E-state index in [1.165, 1.54) is 11.3 Å². The summed E-state index contributed by atoms with van der Waals surface area (Å²) in [5.74, 6) is -0.554. The van der Waals surface area contributed by atoms with Crippen molar-refractivity contribution >= 4 is 34.5 Å². The van der Waals surface area contributed by atoms with Gasteiger partial charge in [-0.1, -0.05) is 24.3 Å². The fourth-order valence-corrected chi connectivity index (χ4v) is 6.95. The topological polar surface area (TPSA) is 136 Å². The summed E-state index contributed by atoms with van der Waals surface area (Å²) in [5, 5.41) is 30.5. The van der Waals surface area contributed by atoms with E-state index < -0.39 is 0 Å². The van der Waals surface area contributed by atoms with Crippen LogP contribution in [0.5, 0.6) is 0 Å². The first-order valence-corrected chi connectivity index (χ1v) is 16.1. The molecule has 0 bridgehead atoms. The lowest BCUT2D eigenvalue weighted by atomic mass is 9.94. The molecule has 0 unspecified atom stereocenters. The summed E-state index contributed by atoms with van der Waals surface area (Å²) in [6.07, 6.45) is 2.68. The number of hydrogen-bond donors (Lipinski definition) is 4. The zero-order valence-corrected chi connectivity index (χ0v) is 26.6. The van der Waals surface area contributed by atoms with Crippen LogP contribution in [0, 0.1) is 13.8 Å². The van der Waals surface area contributed by atoms with E-state index in [-0.39, 0.29) is 24.0 Å². The van der Waals surface area contributed by atoms with Gasteiger partial charge < -0.3 is 20.8 Å². The number of aryl methyl sites for hydroxylation is 1. The third-order valence-corrected chi connectivity index (χ3v) is 9.65. The summed E-state index contributed by atoms with van der Waals surface area (Å²) < 4.78 is 1.72. The number of aromatic nitrogens is 3. The standard InChI is InChI=1S/C33H39N7O4S/c1-20-26(6-4-8-28(20)35-31(43)30-14-22(38(3)37-30)16-39-12-10-23(41)17-39)27-7-5-9-29(21(27)2)36-32(44)33-34-15-25(45-33)19-40-13-11-24(42)18-40/h4-9,14-15,23-24,41-42H,10-13,16-19H2,1-3H3,(H,35,43)(H,36,44)/t23-,24-/m1/s1. The van der Waals surface area contributed by atoms with Crippen molar-refractivity contribution in [2.45, 2.75) is 52.0 Å². The number of benzene rings is 2. The Morgan fingerprint density at radius 3 is 2.04 bits per heavy atom. The van der Waals surface area contributed by atoms with Crippen molar-refractivity contribution in [3.63, 3.8) is 0 Å². The summed E-state index contributed by atoms with van der Waals surface area (Å²) in [5.41, 5.74) is 6.31. The number of carbonyl (C=O) groups excluding carboxylic acids is 2. The fraction of sp³-hybridized carbons (Fsp3) is 0.394. The molecule has 0 spiro atoms. The molecule has 2 aliphatic rings. The maximum Gasteiger partial charge on any atom is 0.284 e. The van der Waals surface area contributed by atoms with E-state index in [1.54, 1.807) is 16.9 Å². The summed E-state index contributed by atoms with van der Waals surface area (Å²) in [4.78, 5) is 36.1. The van der Waals surface area contributed by atoms with Gasteiger partial charge >= 0.3 is 0 Å². The van der Waals surface area contributed by atoms with Crippen LogP contribution in [0.3, 0.4) is 0 Å². The van der Waals surface area contributed by atoms with Gasteiger partial charge in [0.15, 0.2) is 10.7 Å².